The van der Waals surface area contributed by atoms with E-state index in [0.29, 0.717) is 24.5 Å². The number of ketones is 1. The number of anilines is 1. The number of carbonyl (C=O) groups is 1. The molecule has 126 valence electrons. The number of hydrogen-bond donors (Lipinski definition) is 1. The fourth-order valence-electron chi connectivity index (χ4n) is 2.55. The zero-order valence-electron chi connectivity index (χ0n) is 12.6. The molecule has 1 aliphatic carbocycles. The molecule has 1 N–H and O–H groups in total. The minimum absolute atomic E-state index is 0.0411. The summed E-state index contributed by atoms with van der Waals surface area (Å²) in [6.45, 7) is 0. The van der Waals surface area contributed by atoms with Gasteiger partial charge in [0.1, 0.15) is 5.82 Å². The Morgan fingerprint density at radius 3 is 2.58 bits per heavy atom. The van der Waals surface area contributed by atoms with Crippen molar-refractivity contribution < 1.29 is 27.1 Å². The van der Waals surface area contributed by atoms with E-state index in [1.165, 1.54) is 13.1 Å². The SMILES string of the molecule is CN(c1cc2c(cc1Oc1ccc(F)cc1F)C(=O)CC2)S(=O)O. The molecule has 1 aliphatic rings. The van der Waals surface area contributed by atoms with Gasteiger partial charge in [-0.25, -0.2) is 13.0 Å². The number of fused-ring (bicyclic) bond motifs is 1. The number of halogens is 2. The molecule has 0 spiro atoms. The van der Waals surface area contributed by atoms with E-state index in [2.05, 4.69) is 0 Å². The number of carbonyl (C=O) groups excluding carboxylic acids is 1. The molecule has 8 heteroatoms. The lowest BCUT2D eigenvalue weighted by Crippen LogP contribution is -2.20. The van der Waals surface area contributed by atoms with Crippen molar-refractivity contribution in [2.45, 2.75) is 12.8 Å². The minimum atomic E-state index is -2.33. The van der Waals surface area contributed by atoms with Gasteiger partial charge in [-0.2, -0.15) is 0 Å². The van der Waals surface area contributed by atoms with Gasteiger partial charge < -0.3 is 4.74 Å². The molecule has 0 radical (unpaired) electrons. The van der Waals surface area contributed by atoms with E-state index in [9.17, 15) is 22.3 Å². The number of nitrogens with zero attached hydrogens (tertiary/aromatic N) is 1. The maximum Gasteiger partial charge on any atom is 0.261 e. The molecule has 1 unspecified atom stereocenters. The van der Waals surface area contributed by atoms with E-state index >= 15 is 0 Å². The smallest absolute Gasteiger partial charge is 0.261 e. The molecule has 2 aromatic rings. The molecule has 0 fully saturated rings. The molecule has 0 bridgehead atoms. The summed E-state index contributed by atoms with van der Waals surface area (Å²) in [6, 6.07) is 5.81. The zero-order valence-corrected chi connectivity index (χ0v) is 13.4. The van der Waals surface area contributed by atoms with Crippen LogP contribution in [-0.2, 0) is 17.7 Å². The number of hydrogen-bond acceptors (Lipinski definition) is 3. The monoisotopic (exact) mass is 353 g/mol. The average Bonchev–Trinajstić information content (AvgIpc) is 2.89. The van der Waals surface area contributed by atoms with Crippen molar-refractivity contribution in [2.24, 2.45) is 0 Å². The van der Waals surface area contributed by atoms with Gasteiger partial charge >= 0.3 is 0 Å². The van der Waals surface area contributed by atoms with Crippen molar-refractivity contribution in [3.8, 4) is 11.5 Å². The maximum absolute atomic E-state index is 13.8. The van der Waals surface area contributed by atoms with Crippen LogP contribution >= 0.6 is 0 Å². The molecule has 0 saturated heterocycles. The lowest BCUT2D eigenvalue weighted by molar-refractivity contribution is 0.0994. The second-order valence-corrected chi connectivity index (χ2v) is 6.31. The summed E-state index contributed by atoms with van der Waals surface area (Å²) in [6.07, 6.45) is 0.868. The van der Waals surface area contributed by atoms with Crippen LogP contribution in [0.2, 0.25) is 0 Å². The van der Waals surface area contributed by atoms with Gasteiger partial charge in [-0.1, -0.05) is 0 Å². The van der Waals surface area contributed by atoms with Gasteiger partial charge in [-0.3, -0.25) is 13.7 Å². The normalized spacial score (nSPS) is 14.4. The molecular weight excluding hydrogens is 340 g/mol. The molecule has 0 heterocycles. The van der Waals surface area contributed by atoms with Crippen LogP contribution in [0, 0.1) is 11.6 Å². The zero-order chi connectivity index (χ0) is 17.4. The number of benzene rings is 2. The number of aryl methyl sites for hydroxylation is 1. The standard InChI is InChI=1S/C16H13F2NO4S/c1-19(24(21)22)13-6-9-2-4-14(20)11(9)8-16(13)23-15-5-3-10(17)7-12(15)18/h3,5-8H,2,4H2,1H3,(H,21,22). The van der Waals surface area contributed by atoms with Gasteiger partial charge in [0.2, 0.25) is 0 Å². The first-order chi connectivity index (χ1) is 11.4. The van der Waals surface area contributed by atoms with Crippen molar-refractivity contribution in [2.75, 3.05) is 11.4 Å². The van der Waals surface area contributed by atoms with Crippen LogP contribution in [0.3, 0.4) is 0 Å². The van der Waals surface area contributed by atoms with E-state index in [4.69, 9.17) is 4.74 Å². The fraction of sp³-hybridized carbons (Fsp3) is 0.188. The van der Waals surface area contributed by atoms with Crippen molar-refractivity contribution >= 4 is 22.7 Å². The van der Waals surface area contributed by atoms with Gasteiger partial charge in [-0.05, 0) is 36.2 Å². The highest BCUT2D eigenvalue weighted by atomic mass is 32.2. The van der Waals surface area contributed by atoms with E-state index in [0.717, 1.165) is 22.0 Å². The van der Waals surface area contributed by atoms with Crippen molar-refractivity contribution in [1.29, 1.82) is 0 Å². The molecule has 0 aliphatic heterocycles. The first-order valence-corrected chi connectivity index (χ1v) is 8.11. The number of rotatable bonds is 4. The second-order valence-electron chi connectivity index (χ2n) is 5.31. The van der Waals surface area contributed by atoms with E-state index in [1.807, 2.05) is 0 Å². The van der Waals surface area contributed by atoms with Crippen LogP contribution in [0.25, 0.3) is 0 Å². The van der Waals surface area contributed by atoms with Gasteiger partial charge in [0, 0.05) is 25.1 Å². The highest BCUT2D eigenvalue weighted by Gasteiger charge is 2.25. The van der Waals surface area contributed by atoms with Crippen LogP contribution in [-0.4, -0.2) is 21.6 Å². The van der Waals surface area contributed by atoms with Gasteiger partial charge in [-0.15, -0.1) is 0 Å². The van der Waals surface area contributed by atoms with Crippen LogP contribution in [0.1, 0.15) is 22.3 Å². The molecule has 2 aromatic carbocycles. The van der Waals surface area contributed by atoms with Gasteiger partial charge in [0.15, 0.2) is 23.1 Å². The topological polar surface area (TPSA) is 66.8 Å². The molecular formula is C16H13F2NO4S. The maximum atomic E-state index is 13.8. The third-order valence-electron chi connectivity index (χ3n) is 3.79. The van der Waals surface area contributed by atoms with Crippen LogP contribution in [0.5, 0.6) is 11.5 Å². The Hall–Kier alpha value is -2.32. The quantitative estimate of drug-likeness (QED) is 0.855. The Balaban J connectivity index is 2.09. The Kier molecular flexibility index (Phi) is 4.33. The molecule has 0 saturated carbocycles. The number of Topliss-reactive ketones (excluding diaryl/α,β-unsaturated/α-hetero) is 1. The summed E-state index contributed by atoms with van der Waals surface area (Å²) in [5.41, 5.74) is 1.40. The Bertz CT molecular complexity index is 856. The third-order valence-corrected chi connectivity index (χ3v) is 4.46. The summed E-state index contributed by atoms with van der Waals surface area (Å²) in [7, 11) is 1.36. The minimum Gasteiger partial charge on any atom is -0.452 e. The summed E-state index contributed by atoms with van der Waals surface area (Å²) >= 11 is -2.33. The fourth-order valence-corrected chi connectivity index (χ4v) is 2.86. The lowest BCUT2D eigenvalue weighted by Gasteiger charge is -2.19. The average molecular weight is 353 g/mol. The Morgan fingerprint density at radius 2 is 1.92 bits per heavy atom. The Labute approximate surface area is 139 Å². The van der Waals surface area contributed by atoms with E-state index in [1.54, 1.807) is 6.07 Å². The molecule has 0 aromatic heterocycles. The predicted molar refractivity (Wildman–Crippen MR) is 84.7 cm³/mol. The molecule has 3 rings (SSSR count). The lowest BCUT2D eigenvalue weighted by atomic mass is 10.1. The predicted octanol–water partition coefficient (Wildman–Crippen LogP) is 3.46. The van der Waals surface area contributed by atoms with Crippen LogP contribution in [0.4, 0.5) is 14.5 Å². The van der Waals surface area contributed by atoms with E-state index < -0.39 is 22.9 Å². The summed E-state index contributed by atoms with van der Waals surface area (Å²) < 4.78 is 54.0. The van der Waals surface area contributed by atoms with Crippen molar-refractivity contribution in [1.82, 2.24) is 0 Å². The Morgan fingerprint density at radius 1 is 1.17 bits per heavy atom. The summed E-state index contributed by atoms with van der Waals surface area (Å²) in [5, 5.41) is 0. The largest absolute Gasteiger partial charge is 0.452 e. The molecule has 5 nitrogen and oxygen atoms in total. The van der Waals surface area contributed by atoms with Crippen LogP contribution in [0.15, 0.2) is 30.3 Å². The summed E-state index contributed by atoms with van der Waals surface area (Å²) in [5.74, 6) is -1.95. The third kappa shape index (κ3) is 3.02. The summed E-state index contributed by atoms with van der Waals surface area (Å²) in [4.78, 5) is 11.9. The first-order valence-electron chi connectivity index (χ1n) is 7.04. The van der Waals surface area contributed by atoms with E-state index in [-0.39, 0.29) is 23.0 Å². The highest BCUT2D eigenvalue weighted by molar-refractivity contribution is 7.80. The molecule has 24 heavy (non-hydrogen) atoms. The van der Waals surface area contributed by atoms with Gasteiger partial charge in [0.25, 0.3) is 11.3 Å². The highest BCUT2D eigenvalue weighted by Crippen LogP contribution is 2.38. The molecule has 1 atom stereocenters. The van der Waals surface area contributed by atoms with Crippen LogP contribution < -0.4 is 9.04 Å². The molecule has 0 amide bonds. The van der Waals surface area contributed by atoms with Crippen molar-refractivity contribution in [3.63, 3.8) is 0 Å². The second kappa shape index (κ2) is 6.29. The van der Waals surface area contributed by atoms with Crippen molar-refractivity contribution in [3.05, 3.63) is 53.1 Å². The van der Waals surface area contributed by atoms with Gasteiger partial charge in [0.05, 0.1) is 5.69 Å². The first kappa shape index (κ1) is 16.5. The number of ether oxygens (including phenoxy) is 1.